The van der Waals surface area contributed by atoms with Crippen LogP contribution in [-0.2, 0) is 22.6 Å². The molecule has 0 radical (unpaired) electrons. The van der Waals surface area contributed by atoms with Gasteiger partial charge < -0.3 is 20.3 Å². The minimum Gasteiger partial charge on any atom is -0.445 e. The average molecular weight is 452 g/mol. The Labute approximate surface area is 193 Å². The zero-order chi connectivity index (χ0) is 22.8. The van der Waals surface area contributed by atoms with Gasteiger partial charge in [0.25, 0.3) is 0 Å². The average Bonchev–Trinajstić information content (AvgIpc) is 3.33. The van der Waals surface area contributed by atoms with Gasteiger partial charge in [0.2, 0.25) is 5.91 Å². The molecule has 0 spiro atoms. The minimum atomic E-state index is -0.744. The van der Waals surface area contributed by atoms with Crippen LogP contribution in [-0.4, -0.2) is 43.6 Å². The van der Waals surface area contributed by atoms with E-state index in [1.54, 1.807) is 11.3 Å². The first kappa shape index (κ1) is 23.5. The van der Waals surface area contributed by atoms with E-state index in [1.165, 1.54) is 4.88 Å². The molecule has 2 aromatic carbocycles. The third-order valence-electron chi connectivity index (χ3n) is 5.07. The van der Waals surface area contributed by atoms with Crippen molar-refractivity contribution in [2.45, 2.75) is 25.1 Å². The second kappa shape index (κ2) is 12.0. The molecule has 168 valence electrons. The minimum absolute atomic E-state index is 0.0568. The molecule has 3 rings (SSSR count). The van der Waals surface area contributed by atoms with Gasteiger partial charge in [0.15, 0.2) is 0 Å². The largest absolute Gasteiger partial charge is 0.445 e. The lowest BCUT2D eigenvalue weighted by Gasteiger charge is -2.25. The highest BCUT2D eigenvalue weighted by Gasteiger charge is 2.24. The Bertz CT molecular complexity index is 963. The van der Waals surface area contributed by atoms with Crippen LogP contribution in [0.1, 0.15) is 22.0 Å². The number of rotatable bonds is 10. The molecule has 2 amide bonds. The molecule has 1 heterocycles. The van der Waals surface area contributed by atoms with Crippen LogP contribution < -0.4 is 10.6 Å². The molecule has 0 saturated heterocycles. The topological polar surface area (TPSA) is 70.7 Å². The molecule has 1 aromatic heterocycles. The number of nitrogens with zero attached hydrogens (tertiary/aromatic N) is 1. The summed E-state index contributed by atoms with van der Waals surface area (Å²) in [5.41, 5.74) is 1.84. The van der Waals surface area contributed by atoms with Crippen molar-refractivity contribution < 1.29 is 14.3 Å². The molecule has 0 fully saturated rings. The Morgan fingerprint density at radius 3 is 2.19 bits per heavy atom. The number of carbonyl (C=O) groups excluding carboxylic acids is 2. The number of ether oxygens (including phenoxy) is 1. The Morgan fingerprint density at radius 2 is 1.59 bits per heavy atom. The first-order chi connectivity index (χ1) is 15.5. The first-order valence-electron chi connectivity index (χ1n) is 10.5. The van der Waals surface area contributed by atoms with Gasteiger partial charge in [-0.1, -0.05) is 66.7 Å². The van der Waals surface area contributed by atoms with Crippen LogP contribution in [0.25, 0.3) is 0 Å². The van der Waals surface area contributed by atoms with Gasteiger partial charge in [0.1, 0.15) is 12.6 Å². The molecule has 0 aliphatic carbocycles. The van der Waals surface area contributed by atoms with Crippen molar-refractivity contribution in [1.82, 2.24) is 15.5 Å². The number of hydrogen-bond acceptors (Lipinski definition) is 5. The maximum Gasteiger partial charge on any atom is 0.408 e. The molecular weight excluding hydrogens is 422 g/mol. The van der Waals surface area contributed by atoms with E-state index in [0.717, 1.165) is 11.1 Å². The van der Waals surface area contributed by atoms with Gasteiger partial charge in [-0.05, 0) is 36.7 Å². The van der Waals surface area contributed by atoms with Crippen LogP contribution in [0.3, 0.4) is 0 Å². The number of nitrogens with one attached hydrogen (secondary N) is 2. The maximum absolute atomic E-state index is 13.1. The third-order valence-corrected chi connectivity index (χ3v) is 6.04. The Hall–Kier alpha value is -3.16. The molecule has 0 bridgehead atoms. The fourth-order valence-electron chi connectivity index (χ4n) is 3.31. The SMILES string of the molecule is CN(C)C(CNC(=O)C(Cc1ccccc1)NC(=O)OCc1ccccc1)c1cccs1. The predicted molar refractivity (Wildman–Crippen MR) is 127 cm³/mol. The van der Waals surface area contributed by atoms with Crippen LogP contribution in [0.4, 0.5) is 4.79 Å². The molecule has 6 nitrogen and oxygen atoms in total. The standard InChI is InChI=1S/C25H29N3O3S/c1-28(2)22(23-14-9-15-32-23)17-26-24(29)21(16-19-10-5-3-6-11-19)27-25(30)31-18-20-12-7-4-8-13-20/h3-15,21-22H,16-18H2,1-2H3,(H,26,29)(H,27,30). The molecular formula is C25H29N3O3S. The van der Waals surface area contributed by atoms with Crippen molar-refractivity contribution in [1.29, 1.82) is 0 Å². The smallest absolute Gasteiger partial charge is 0.408 e. The maximum atomic E-state index is 13.1. The highest BCUT2D eigenvalue weighted by Crippen LogP contribution is 2.22. The Balaban J connectivity index is 1.63. The van der Waals surface area contributed by atoms with Crippen molar-refractivity contribution >= 4 is 23.3 Å². The van der Waals surface area contributed by atoms with Gasteiger partial charge in [-0.15, -0.1) is 11.3 Å². The summed E-state index contributed by atoms with van der Waals surface area (Å²) in [5.74, 6) is -0.242. The van der Waals surface area contributed by atoms with Crippen LogP contribution in [0.5, 0.6) is 0 Å². The number of alkyl carbamates (subject to hydrolysis) is 1. The number of likely N-dealkylation sites (N-methyl/N-ethyl adjacent to an activating group) is 1. The molecule has 2 N–H and O–H groups in total. The summed E-state index contributed by atoms with van der Waals surface area (Å²) in [7, 11) is 3.97. The van der Waals surface area contributed by atoms with Gasteiger partial charge in [-0.25, -0.2) is 4.79 Å². The van der Waals surface area contributed by atoms with Crippen molar-refractivity contribution in [3.63, 3.8) is 0 Å². The molecule has 2 atom stereocenters. The highest BCUT2D eigenvalue weighted by atomic mass is 32.1. The van der Waals surface area contributed by atoms with Crippen molar-refractivity contribution in [3.8, 4) is 0 Å². The van der Waals surface area contributed by atoms with Crippen LogP contribution in [0.15, 0.2) is 78.2 Å². The highest BCUT2D eigenvalue weighted by molar-refractivity contribution is 7.10. The lowest BCUT2D eigenvalue weighted by Crippen LogP contribution is -2.49. The summed E-state index contributed by atoms with van der Waals surface area (Å²) in [6.07, 6.45) is -0.244. The van der Waals surface area contributed by atoms with E-state index in [9.17, 15) is 9.59 Å². The van der Waals surface area contributed by atoms with E-state index in [0.29, 0.717) is 13.0 Å². The fourth-order valence-corrected chi connectivity index (χ4v) is 4.23. The summed E-state index contributed by atoms with van der Waals surface area (Å²) in [6.45, 7) is 0.589. The monoisotopic (exact) mass is 451 g/mol. The van der Waals surface area contributed by atoms with Gasteiger partial charge in [-0.3, -0.25) is 4.79 Å². The lowest BCUT2D eigenvalue weighted by molar-refractivity contribution is -0.123. The van der Waals surface area contributed by atoms with E-state index >= 15 is 0 Å². The third kappa shape index (κ3) is 7.21. The Morgan fingerprint density at radius 1 is 0.938 bits per heavy atom. The van der Waals surface area contributed by atoms with Crippen molar-refractivity contribution in [3.05, 3.63) is 94.2 Å². The number of carbonyl (C=O) groups is 2. The summed E-state index contributed by atoms with van der Waals surface area (Å²) in [4.78, 5) is 28.7. The number of hydrogen-bond donors (Lipinski definition) is 2. The first-order valence-corrected chi connectivity index (χ1v) is 11.4. The molecule has 2 unspecified atom stereocenters. The Kier molecular flexibility index (Phi) is 8.83. The molecule has 32 heavy (non-hydrogen) atoms. The summed E-state index contributed by atoms with van der Waals surface area (Å²) in [6, 6.07) is 22.4. The molecule has 7 heteroatoms. The second-order valence-corrected chi connectivity index (χ2v) is 8.67. The van der Waals surface area contributed by atoms with Gasteiger partial charge in [0, 0.05) is 17.8 Å². The number of thiophene rings is 1. The molecule has 0 aliphatic heterocycles. The van der Waals surface area contributed by atoms with E-state index in [4.69, 9.17) is 4.74 Å². The normalized spacial score (nSPS) is 12.7. The fraction of sp³-hybridized carbons (Fsp3) is 0.280. The summed E-state index contributed by atoms with van der Waals surface area (Å²) >= 11 is 1.65. The summed E-state index contributed by atoms with van der Waals surface area (Å²) < 4.78 is 5.33. The number of amides is 2. The molecule has 0 aliphatic rings. The summed E-state index contributed by atoms with van der Waals surface area (Å²) in [5, 5.41) is 7.77. The van der Waals surface area contributed by atoms with Gasteiger partial charge >= 0.3 is 6.09 Å². The quantitative estimate of drug-likeness (QED) is 0.489. The second-order valence-electron chi connectivity index (χ2n) is 7.69. The molecule has 0 saturated carbocycles. The van der Waals surface area contributed by atoms with Crippen LogP contribution in [0.2, 0.25) is 0 Å². The zero-order valence-electron chi connectivity index (χ0n) is 18.4. The molecule has 3 aromatic rings. The van der Waals surface area contributed by atoms with E-state index in [-0.39, 0.29) is 18.6 Å². The van der Waals surface area contributed by atoms with Crippen LogP contribution in [0, 0.1) is 0 Å². The zero-order valence-corrected chi connectivity index (χ0v) is 19.2. The predicted octanol–water partition coefficient (Wildman–Crippen LogP) is 4.00. The van der Waals surface area contributed by atoms with E-state index in [2.05, 4.69) is 21.6 Å². The van der Waals surface area contributed by atoms with Gasteiger partial charge in [-0.2, -0.15) is 0 Å². The van der Waals surface area contributed by atoms with Gasteiger partial charge in [0.05, 0.1) is 6.04 Å². The number of benzene rings is 2. The van der Waals surface area contributed by atoms with Crippen molar-refractivity contribution in [2.75, 3.05) is 20.6 Å². The van der Waals surface area contributed by atoms with Crippen molar-refractivity contribution in [2.24, 2.45) is 0 Å². The van der Waals surface area contributed by atoms with E-state index in [1.807, 2.05) is 86.2 Å². The van der Waals surface area contributed by atoms with Crippen LogP contribution >= 0.6 is 11.3 Å². The van der Waals surface area contributed by atoms with E-state index < -0.39 is 12.1 Å². The lowest BCUT2D eigenvalue weighted by atomic mass is 10.1.